The van der Waals surface area contributed by atoms with Gasteiger partial charge in [-0.15, -0.1) is 0 Å². The van der Waals surface area contributed by atoms with Crippen molar-refractivity contribution in [3.8, 4) is 0 Å². The van der Waals surface area contributed by atoms with Crippen LogP contribution in [0.25, 0.3) is 5.65 Å². The average molecular weight is 382 g/mol. The molecule has 1 aliphatic heterocycles. The molecule has 9 nitrogen and oxygen atoms in total. The van der Waals surface area contributed by atoms with Crippen molar-refractivity contribution in [1.82, 2.24) is 29.0 Å². The van der Waals surface area contributed by atoms with Crippen molar-refractivity contribution in [2.75, 3.05) is 6.54 Å². The van der Waals surface area contributed by atoms with Crippen molar-refractivity contribution in [3.63, 3.8) is 0 Å². The maximum absolute atomic E-state index is 12.9. The topological polar surface area (TPSA) is 105 Å². The normalized spacial score (nSPS) is 17.2. The molecule has 1 atom stereocenters. The van der Waals surface area contributed by atoms with E-state index in [1.165, 1.54) is 15.3 Å². The molecule has 146 valence electrons. The molecule has 0 saturated carbocycles. The van der Waals surface area contributed by atoms with E-state index >= 15 is 0 Å². The molecule has 0 aromatic carbocycles. The molecule has 28 heavy (non-hydrogen) atoms. The molecule has 4 heterocycles. The van der Waals surface area contributed by atoms with E-state index in [0.717, 1.165) is 25.0 Å². The SMILES string of the molecule is Cc1nc2cc(C3CCCCN3C(=O)Cn3cccnc3=O)[nH]n2c(=O)c1C. The summed E-state index contributed by atoms with van der Waals surface area (Å²) >= 11 is 0. The molecule has 0 spiro atoms. The minimum absolute atomic E-state index is 0.0557. The third-order valence-electron chi connectivity index (χ3n) is 5.37. The number of amides is 1. The average Bonchev–Trinajstić information content (AvgIpc) is 3.12. The van der Waals surface area contributed by atoms with E-state index in [1.54, 1.807) is 24.1 Å². The highest BCUT2D eigenvalue weighted by Gasteiger charge is 2.30. The predicted octanol–water partition coefficient (Wildman–Crippen LogP) is 0.950. The number of rotatable bonds is 3. The highest BCUT2D eigenvalue weighted by molar-refractivity contribution is 5.76. The number of hydrogen-bond acceptors (Lipinski definition) is 5. The van der Waals surface area contributed by atoms with Gasteiger partial charge in [0.1, 0.15) is 6.54 Å². The molecule has 0 aliphatic carbocycles. The summed E-state index contributed by atoms with van der Waals surface area (Å²) in [4.78, 5) is 47.2. The Labute approximate surface area is 160 Å². The van der Waals surface area contributed by atoms with Crippen molar-refractivity contribution in [3.05, 3.63) is 62.3 Å². The number of aromatic amines is 1. The highest BCUT2D eigenvalue weighted by atomic mass is 16.2. The number of aryl methyl sites for hydroxylation is 1. The lowest BCUT2D eigenvalue weighted by Gasteiger charge is -2.35. The van der Waals surface area contributed by atoms with Crippen LogP contribution in [-0.4, -0.2) is 41.5 Å². The first-order chi connectivity index (χ1) is 13.5. The molecule has 1 saturated heterocycles. The number of piperidine rings is 1. The van der Waals surface area contributed by atoms with Crippen LogP contribution in [0.15, 0.2) is 34.1 Å². The monoisotopic (exact) mass is 382 g/mol. The van der Waals surface area contributed by atoms with Crippen LogP contribution in [0, 0.1) is 13.8 Å². The minimum atomic E-state index is -0.447. The molecule has 4 rings (SSSR count). The number of fused-ring (bicyclic) bond motifs is 1. The summed E-state index contributed by atoms with van der Waals surface area (Å²) < 4.78 is 2.73. The Morgan fingerprint density at radius 3 is 2.89 bits per heavy atom. The lowest BCUT2D eigenvalue weighted by molar-refractivity contribution is -0.135. The first-order valence-electron chi connectivity index (χ1n) is 9.35. The summed E-state index contributed by atoms with van der Waals surface area (Å²) in [6.07, 6.45) is 5.64. The summed E-state index contributed by atoms with van der Waals surface area (Å²) in [7, 11) is 0. The standard InChI is InChI=1S/C19H22N6O3/c1-12-13(2)21-16-10-14(22-25(16)18(12)27)15-6-3-4-9-24(15)17(26)11-23-8-5-7-20-19(23)28/h5,7-8,10,15,22H,3-4,6,9,11H2,1-2H3. The predicted molar refractivity (Wildman–Crippen MR) is 102 cm³/mol. The van der Waals surface area contributed by atoms with Crippen LogP contribution in [0.5, 0.6) is 0 Å². The van der Waals surface area contributed by atoms with E-state index < -0.39 is 5.69 Å². The van der Waals surface area contributed by atoms with Gasteiger partial charge >= 0.3 is 5.69 Å². The number of aromatic nitrogens is 5. The molecule has 0 bridgehead atoms. The molecular weight excluding hydrogens is 360 g/mol. The van der Waals surface area contributed by atoms with Gasteiger partial charge < -0.3 is 4.90 Å². The van der Waals surface area contributed by atoms with Crippen molar-refractivity contribution >= 4 is 11.6 Å². The van der Waals surface area contributed by atoms with Crippen LogP contribution < -0.4 is 11.2 Å². The van der Waals surface area contributed by atoms with Crippen molar-refractivity contribution < 1.29 is 4.79 Å². The van der Waals surface area contributed by atoms with Crippen LogP contribution in [0.1, 0.15) is 42.3 Å². The lowest BCUT2D eigenvalue weighted by Crippen LogP contribution is -2.42. The van der Waals surface area contributed by atoms with E-state index in [-0.39, 0.29) is 24.1 Å². The quantitative estimate of drug-likeness (QED) is 0.726. The van der Waals surface area contributed by atoms with Crippen LogP contribution >= 0.6 is 0 Å². The zero-order valence-corrected chi connectivity index (χ0v) is 15.9. The molecule has 1 aliphatic rings. The molecule has 1 N–H and O–H groups in total. The number of hydrogen-bond donors (Lipinski definition) is 1. The Balaban J connectivity index is 1.67. The lowest BCUT2D eigenvalue weighted by atomic mass is 9.99. The van der Waals surface area contributed by atoms with Gasteiger partial charge in [0.2, 0.25) is 5.91 Å². The smallest absolute Gasteiger partial charge is 0.333 e. The molecule has 3 aromatic heterocycles. The Hall–Kier alpha value is -3.23. The molecule has 1 unspecified atom stereocenters. The number of carbonyl (C=O) groups is 1. The largest absolute Gasteiger partial charge is 0.347 e. The molecule has 3 aromatic rings. The van der Waals surface area contributed by atoms with Gasteiger partial charge in [-0.25, -0.2) is 19.3 Å². The third kappa shape index (κ3) is 3.12. The van der Waals surface area contributed by atoms with Gasteiger partial charge in [-0.2, -0.15) is 0 Å². The van der Waals surface area contributed by atoms with Crippen molar-refractivity contribution in [1.29, 1.82) is 0 Å². The first kappa shape index (κ1) is 18.1. The Morgan fingerprint density at radius 2 is 2.11 bits per heavy atom. The number of nitrogens with zero attached hydrogens (tertiary/aromatic N) is 5. The molecule has 0 radical (unpaired) electrons. The summed E-state index contributed by atoms with van der Waals surface area (Å²) in [5, 5.41) is 3.13. The zero-order valence-electron chi connectivity index (χ0n) is 15.9. The maximum Gasteiger partial charge on any atom is 0.347 e. The van der Waals surface area contributed by atoms with Crippen molar-refractivity contribution in [2.45, 2.75) is 45.7 Å². The third-order valence-corrected chi connectivity index (χ3v) is 5.37. The first-order valence-corrected chi connectivity index (χ1v) is 9.35. The van der Waals surface area contributed by atoms with Gasteiger partial charge in [-0.05, 0) is 39.2 Å². The van der Waals surface area contributed by atoms with Crippen LogP contribution in [0.3, 0.4) is 0 Å². The summed E-state index contributed by atoms with van der Waals surface area (Å²) in [6.45, 7) is 4.11. The van der Waals surface area contributed by atoms with E-state index in [4.69, 9.17) is 0 Å². The number of likely N-dealkylation sites (tertiary alicyclic amines) is 1. The van der Waals surface area contributed by atoms with Crippen molar-refractivity contribution in [2.24, 2.45) is 0 Å². The second kappa shape index (κ2) is 7.06. The second-order valence-electron chi connectivity index (χ2n) is 7.16. The van der Waals surface area contributed by atoms with Gasteiger partial charge in [0.05, 0.1) is 11.7 Å². The van der Waals surface area contributed by atoms with Gasteiger partial charge in [0.25, 0.3) is 5.56 Å². The van der Waals surface area contributed by atoms with Gasteiger partial charge in [0, 0.05) is 36.3 Å². The summed E-state index contributed by atoms with van der Waals surface area (Å²) in [5.74, 6) is -0.147. The Bertz CT molecular complexity index is 1160. The molecule has 9 heteroatoms. The van der Waals surface area contributed by atoms with E-state index in [0.29, 0.717) is 23.4 Å². The molecular formula is C19H22N6O3. The number of H-pyrrole nitrogens is 1. The van der Waals surface area contributed by atoms with Gasteiger partial charge in [0.15, 0.2) is 5.65 Å². The molecule has 1 fully saturated rings. The van der Waals surface area contributed by atoms with E-state index in [9.17, 15) is 14.4 Å². The van der Waals surface area contributed by atoms with Crippen LogP contribution in [0.4, 0.5) is 0 Å². The van der Waals surface area contributed by atoms with Gasteiger partial charge in [-0.3, -0.25) is 19.3 Å². The van der Waals surface area contributed by atoms with Gasteiger partial charge in [-0.1, -0.05) is 0 Å². The fraction of sp³-hybridized carbons (Fsp3) is 0.421. The number of nitrogens with one attached hydrogen (secondary N) is 1. The highest BCUT2D eigenvalue weighted by Crippen LogP contribution is 2.30. The van der Waals surface area contributed by atoms with Crippen LogP contribution in [-0.2, 0) is 11.3 Å². The summed E-state index contributed by atoms with van der Waals surface area (Å²) in [6, 6.07) is 3.28. The van der Waals surface area contributed by atoms with E-state index in [1.807, 2.05) is 13.0 Å². The second-order valence-corrected chi connectivity index (χ2v) is 7.16. The Kier molecular flexibility index (Phi) is 4.58. The fourth-order valence-electron chi connectivity index (χ4n) is 3.71. The maximum atomic E-state index is 12.9. The fourth-order valence-corrected chi connectivity index (χ4v) is 3.71. The van der Waals surface area contributed by atoms with Crippen LogP contribution in [0.2, 0.25) is 0 Å². The summed E-state index contributed by atoms with van der Waals surface area (Å²) in [5.41, 5.74) is 2.04. The Morgan fingerprint density at radius 1 is 1.29 bits per heavy atom. The van der Waals surface area contributed by atoms with E-state index in [2.05, 4.69) is 15.1 Å². The zero-order chi connectivity index (χ0) is 19.8. The number of carbonyl (C=O) groups excluding carboxylic acids is 1. The molecule has 1 amide bonds. The minimum Gasteiger partial charge on any atom is -0.333 e.